The van der Waals surface area contributed by atoms with E-state index in [4.69, 9.17) is 0 Å². The topological polar surface area (TPSA) is 6.48 Å². The van der Waals surface area contributed by atoms with Gasteiger partial charge in [-0.1, -0.05) is 19.1 Å². The average Bonchev–Trinajstić information content (AvgIpc) is 2.40. The first-order chi connectivity index (χ1) is 8.69. The molecular weight excluding hydrogens is 220 g/mol. The molecule has 1 saturated heterocycles. The van der Waals surface area contributed by atoms with Crippen molar-refractivity contribution in [1.82, 2.24) is 4.90 Å². The Morgan fingerprint density at radius 3 is 2.22 bits per heavy atom. The summed E-state index contributed by atoms with van der Waals surface area (Å²) in [4.78, 5) is 4.72. The zero-order valence-electron chi connectivity index (χ0n) is 12.0. The maximum absolute atomic E-state index is 2.56. The molecule has 1 fully saturated rings. The van der Waals surface area contributed by atoms with Crippen LogP contribution in [0.4, 0.5) is 5.69 Å². The van der Waals surface area contributed by atoms with Crippen LogP contribution in [-0.2, 0) is 6.42 Å². The first-order valence-electron chi connectivity index (χ1n) is 7.17. The van der Waals surface area contributed by atoms with Crippen LogP contribution in [-0.4, -0.2) is 38.6 Å². The van der Waals surface area contributed by atoms with Crippen LogP contribution in [0.25, 0.3) is 0 Å². The predicted molar refractivity (Wildman–Crippen MR) is 79.3 cm³/mol. The van der Waals surface area contributed by atoms with Crippen molar-refractivity contribution in [2.45, 2.75) is 26.2 Å². The molecular formula is C16H26N2. The van der Waals surface area contributed by atoms with Gasteiger partial charge in [0.05, 0.1) is 0 Å². The number of likely N-dealkylation sites (tertiary alicyclic amines) is 1. The summed E-state index contributed by atoms with van der Waals surface area (Å²) in [5.74, 6) is 0.887. The monoisotopic (exact) mass is 246 g/mol. The third-order valence-electron chi connectivity index (χ3n) is 4.13. The number of rotatable bonds is 4. The fourth-order valence-electron chi connectivity index (χ4n) is 2.77. The molecule has 0 radical (unpaired) electrons. The van der Waals surface area contributed by atoms with E-state index >= 15 is 0 Å². The van der Waals surface area contributed by atoms with Crippen molar-refractivity contribution in [3.8, 4) is 0 Å². The van der Waals surface area contributed by atoms with Crippen LogP contribution in [0.5, 0.6) is 0 Å². The van der Waals surface area contributed by atoms with Crippen LogP contribution >= 0.6 is 0 Å². The molecule has 0 unspecified atom stereocenters. The highest BCUT2D eigenvalue weighted by atomic mass is 15.1. The first kappa shape index (κ1) is 13.4. The Morgan fingerprint density at radius 1 is 1.11 bits per heavy atom. The van der Waals surface area contributed by atoms with Crippen molar-refractivity contribution < 1.29 is 0 Å². The first-order valence-corrected chi connectivity index (χ1v) is 7.17. The van der Waals surface area contributed by atoms with Crippen LogP contribution in [0.3, 0.4) is 0 Å². The smallest absolute Gasteiger partial charge is 0.0361 e. The maximum Gasteiger partial charge on any atom is 0.0361 e. The van der Waals surface area contributed by atoms with Crippen LogP contribution in [0.2, 0.25) is 0 Å². The van der Waals surface area contributed by atoms with Gasteiger partial charge in [0, 0.05) is 19.8 Å². The summed E-state index contributed by atoms with van der Waals surface area (Å²) in [5, 5.41) is 0. The van der Waals surface area contributed by atoms with Crippen LogP contribution in [0, 0.1) is 5.92 Å². The van der Waals surface area contributed by atoms with E-state index in [1.165, 1.54) is 50.1 Å². The SMILES string of the molecule is CCN1CCC(Cc2ccc(N(C)C)cc2)CC1. The zero-order valence-corrected chi connectivity index (χ0v) is 12.0. The molecule has 0 saturated carbocycles. The molecule has 1 heterocycles. The molecule has 100 valence electrons. The maximum atomic E-state index is 2.56. The summed E-state index contributed by atoms with van der Waals surface area (Å²) in [5.41, 5.74) is 2.79. The molecule has 2 rings (SSSR count). The number of hydrogen-bond acceptors (Lipinski definition) is 2. The molecule has 1 aromatic carbocycles. The highest BCUT2D eigenvalue weighted by Gasteiger charge is 2.18. The lowest BCUT2D eigenvalue weighted by molar-refractivity contribution is 0.192. The van der Waals surface area contributed by atoms with E-state index in [0.717, 1.165) is 5.92 Å². The lowest BCUT2D eigenvalue weighted by atomic mass is 9.90. The van der Waals surface area contributed by atoms with Crippen molar-refractivity contribution in [1.29, 1.82) is 0 Å². The minimum Gasteiger partial charge on any atom is -0.378 e. The molecule has 2 heteroatoms. The molecule has 18 heavy (non-hydrogen) atoms. The Balaban J connectivity index is 1.86. The molecule has 0 spiro atoms. The Morgan fingerprint density at radius 2 is 1.72 bits per heavy atom. The van der Waals surface area contributed by atoms with E-state index in [1.807, 2.05) is 0 Å². The van der Waals surface area contributed by atoms with E-state index in [0.29, 0.717) is 0 Å². The van der Waals surface area contributed by atoms with E-state index in [-0.39, 0.29) is 0 Å². The van der Waals surface area contributed by atoms with Gasteiger partial charge < -0.3 is 9.80 Å². The van der Waals surface area contributed by atoms with Gasteiger partial charge in [-0.2, -0.15) is 0 Å². The quantitative estimate of drug-likeness (QED) is 0.806. The summed E-state index contributed by atoms with van der Waals surface area (Å²) in [6, 6.07) is 9.05. The van der Waals surface area contributed by atoms with Gasteiger partial charge in [-0.05, 0) is 62.5 Å². The molecule has 1 aliphatic heterocycles. The standard InChI is InChI=1S/C16H26N2/c1-4-18-11-9-15(10-12-18)13-14-5-7-16(8-6-14)17(2)3/h5-8,15H,4,9-13H2,1-3H3. The van der Waals surface area contributed by atoms with E-state index in [9.17, 15) is 0 Å². The third-order valence-corrected chi connectivity index (χ3v) is 4.13. The summed E-state index contributed by atoms with van der Waals surface area (Å²) in [6.45, 7) is 6.05. The number of anilines is 1. The lowest BCUT2D eigenvalue weighted by Gasteiger charge is -2.31. The minimum atomic E-state index is 0.887. The molecule has 2 nitrogen and oxygen atoms in total. The Kier molecular flexibility index (Phi) is 4.65. The molecule has 0 amide bonds. The van der Waals surface area contributed by atoms with Crippen molar-refractivity contribution in [2.24, 2.45) is 5.92 Å². The van der Waals surface area contributed by atoms with Gasteiger partial charge in [0.2, 0.25) is 0 Å². The van der Waals surface area contributed by atoms with Crippen LogP contribution in [0.1, 0.15) is 25.3 Å². The predicted octanol–water partition coefficient (Wildman–Crippen LogP) is 3.03. The van der Waals surface area contributed by atoms with Gasteiger partial charge in [0.25, 0.3) is 0 Å². The Hall–Kier alpha value is -1.02. The van der Waals surface area contributed by atoms with Gasteiger partial charge >= 0.3 is 0 Å². The molecule has 0 aromatic heterocycles. The molecule has 0 N–H and O–H groups in total. The van der Waals surface area contributed by atoms with Gasteiger partial charge in [-0.3, -0.25) is 0 Å². The summed E-state index contributed by atoms with van der Waals surface area (Å²) < 4.78 is 0. The Labute approximate surface area is 112 Å². The second kappa shape index (κ2) is 6.24. The summed E-state index contributed by atoms with van der Waals surface area (Å²) in [7, 11) is 4.19. The molecule has 0 atom stereocenters. The molecule has 0 bridgehead atoms. The van der Waals surface area contributed by atoms with Crippen molar-refractivity contribution in [3.63, 3.8) is 0 Å². The largest absolute Gasteiger partial charge is 0.378 e. The van der Waals surface area contributed by atoms with Crippen molar-refractivity contribution >= 4 is 5.69 Å². The average molecular weight is 246 g/mol. The van der Waals surface area contributed by atoms with Gasteiger partial charge in [-0.25, -0.2) is 0 Å². The van der Waals surface area contributed by atoms with Crippen LogP contribution in [0.15, 0.2) is 24.3 Å². The minimum absolute atomic E-state index is 0.887. The summed E-state index contributed by atoms with van der Waals surface area (Å²) in [6.07, 6.45) is 3.98. The van der Waals surface area contributed by atoms with Crippen LogP contribution < -0.4 is 4.90 Å². The number of piperidine rings is 1. The van der Waals surface area contributed by atoms with Gasteiger partial charge in [0.15, 0.2) is 0 Å². The third kappa shape index (κ3) is 3.49. The fourth-order valence-corrected chi connectivity index (χ4v) is 2.77. The van der Waals surface area contributed by atoms with Gasteiger partial charge in [0.1, 0.15) is 0 Å². The highest BCUT2D eigenvalue weighted by Crippen LogP contribution is 2.22. The number of hydrogen-bond donors (Lipinski definition) is 0. The normalized spacial score (nSPS) is 17.9. The molecule has 0 aliphatic carbocycles. The van der Waals surface area contributed by atoms with E-state index < -0.39 is 0 Å². The van der Waals surface area contributed by atoms with Crippen molar-refractivity contribution in [2.75, 3.05) is 38.6 Å². The number of benzene rings is 1. The van der Waals surface area contributed by atoms with Crippen molar-refractivity contribution in [3.05, 3.63) is 29.8 Å². The molecule has 1 aromatic rings. The zero-order chi connectivity index (χ0) is 13.0. The second-order valence-electron chi connectivity index (χ2n) is 5.64. The molecule has 1 aliphatic rings. The lowest BCUT2D eigenvalue weighted by Crippen LogP contribution is -2.34. The van der Waals surface area contributed by atoms with E-state index in [1.54, 1.807) is 0 Å². The summed E-state index contributed by atoms with van der Waals surface area (Å²) >= 11 is 0. The fraction of sp³-hybridized carbons (Fsp3) is 0.625. The number of nitrogens with zero attached hydrogens (tertiary/aromatic N) is 2. The highest BCUT2D eigenvalue weighted by molar-refractivity contribution is 5.46. The Bertz CT molecular complexity index is 348. The van der Waals surface area contributed by atoms with E-state index in [2.05, 4.69) is 55.1 Å². The van der Waals surface area contributed by atoms with Gasteiger partial charge in [-0.15, -0.1) is 0 Å². The second-order valence-corrected chi connectivity index (χ2v) is 5.64.